The minimum atomic E-state index is 0.862. The summed E-state index contributed by atoms with van der Waals surface area (Å²) >= 11 is 0. The Morgan fingerprint density at radius 3 is 1.88 bits per heavy atom. The highest BCUT2D eigenvalue weighted by Gasteiger charge is 2.22. The molecular formula is C56H36N2O. The van der Waals surface area contributed by atoms with Crippen LogP contribution in [0.15, 0.2) is 223 Å². The maximum absolute atomic E-state index is 6.71. The van der Waals surface area contributed by atoms with Gasteiger partial charge in [-0.1, -0.05) is 152 Å². The summed E-state index contributed by atoms with van der Waals surface area (Å²) in [6.45, 7) is 0. The molecule has 10 aromatic carbocycles. The Morgan fingerprint density at radius 2 is 1.02 bits per heavy atom. The van der Waals surface area contributed by atoms with Gasteiger partial charge in [0.25, 0.3) is 0 Å². The van der Waals surface area contributed by atoms with Crippen LogP contribution in [0.4, 0.5) is 17.1 Å². The summed E-state index contributed by atoms with van der Waals surface area (Å²) in [5.41, 5.74) is 13.2. The molecule has 2 heterocycles. The Hall–Kier alpha value is -7.88. The normalized spacial score (nSPS) is 11.7. The zero-order valence-electron chi connectivity index (χ0n) is 32.1. The predicted octanol–water partition coefficient (Wildman–Crippen LogP) is 15.8. The number of aromatic nitrogens is 1. The van der Waals surface area contributed by atoms with Crippen LogP contribution in [0.25, 0.3) is 93.2 Å². The smallest absolute Gasteiger partial charge is 0.159 e. The van der Waals surface area contributed by atoms with Crippen LogP contribution in [-0.4, -0.2) is 4.57 Å². The van der Waals surface area contributed by atoms with Crippen molar-refractivity contribution < 1.29 is 4.42 Å². The van der Waals surface area contributed by atoms with E-state index in [1.807, 2.05) is 6.07 Å². The molecule has 0 aliphatic heterocycles. The van der Waals surface area contributed by atoms with Crippen molar-refractivity contribution in [3.8, 4) is 27.9 Å². The van der Waals surface area contributed by atoms with Crippen molar-refractivity contribution in [1.29, 1.82) is 0 Å². The van der Waals surface area contributed by atoms with Gasteiger partial charge in [0, 0.05) is 38.3 Å². The van der Waals surface area contributed by atoms with E-state index >= 15 is 0 Å². The average molecular weight is 753 g/mol. The average Bonchev–Trinajstić information content (AvgIpc) is 3.86. The molecule has 2 aromatic heterocycles. The summed E-state index contributed by atoms with van der Waals surface area (Å²) in [5.74, 6) is 0. The molecule has 0 bridgehead atoms. The number of anilines is 3. The van der Waals surface area contributed by atoms with Crippen LogP contribution in [0.5, 0.6) is 0 Å². The molecule has 0 aliphatic carbocycles. The minimum absolute atomic E-state index is 0.862. The summed E-state index contributed by atoms with van der Waals surface area (Å²) in [7, 11) is 0. The first kappa shape index (κ1) is 33.3. The number of para-hydroxylation sites is 4. The number of furan rings is 1. The molecule has 0 aliphatic rings. The highest BCUT2D eigenvalue weighted by Crippen LogP contribution is 2.46. The third-order valence-electron chi connectivity index (χ3n) is 12.0. The van der Waals surface area contributed by atoms with Crippen LogP contribution in [0.1, 0.15) is 0 Å². The molecule has 0 saturated carbocycles. The molecule has 0 spiro atoms. The Kier molecular flexibility index (Phi) is 7.54. The van der Waals surface area contributed by atoms with Crippen LogP contribution in [0.3, 0.4) is 0 Å². The first-order chi connectivity index (χ1) is 29.3. The van der Waals surface area contributed by atoms with Gasteiger partial charge in [-0.25, -0.2) is 0 Å². The molecule has 0 unspecified atom stereocenters. The van der Waals surface area contributed by atoms with Crippen LogP contribution in [0.2, 0.25) is 0 Å². The first-order valence-corrected chi connectivity index (χ1v) is 20.2. The lowest BCUT2D eigenvalue weighted by Crippen LogP contribution is -2.11. The van der Waals surface area contributed by atoms with Gasteiger partial charge < -0.3 is 13.9 Å². The van der Waals surface area contributed by atoms with Gasteiger partial charge in [-0.05, 0) is 105 Å². The lowest BCUT2D eigenvalue weighted by atomic mass is 9.95. The minimum Gasteiger partial charge on any atom is -0.454 e. The summed E-state index contributed by atoms with van der Waals surface area (Å²) in [4.78, 5) is 2.37. The van der Waals surface area contributed by atoms with E-state index in [9.17, 15) is 0 Å². The number of fused-ring (bicyclic) bond motifs is 8. The molecule has 59 heavy (non-hydrogen) atoms. The Balaban J connectivity index is 1.05. The Bertz CT molecular complexity index is 3560. The molecule has 3 heteroatoms. The zero-order valence-corrected chi connectivity index (χ0v) is 32.1. The van der Waals surface area contributed by atoms with E-state index in [4.69, 9.17) is 4.42 Å². The monoisotopic (exact) mass is 752 g/mol. The third kappa shape index (κ3) is 5.36. The lowest BCUT2D eigenvalue weighted by Gasteiger charge is -2.27. The number of hydrogen-bond acceptors (Lipinski definition) is 2. The number of rotatable bonds is 6. The molecule has 3 nitrogen and oxygen atoms in total. The number of benzene rings is 10. The summed E-state index contributed by atoms with van der Waals surface area (Å²) < 4.78 is 9.09. The molecule has 12 rings (SSSR count). The first-order valence-electron chi connectivity index (χ1n) is 20.2. The van der Waals surface area contributed by atoms with Crippen molar-refractivity contribution in [2.75, 3.05) is 4.90 Å². The predicted molar refractivity (Wildman–Crippen MR) is 249 cm³/mol. The fraction of sp³-hybridized carbons (Fsp3) is 0. The maximum Gasteiger partial charge on any atom is 0.159 e. The zero-order chi connectivity index (χ0) is 38.9. The van der Waals surface area contributed by atoms with E-state index in [0.29, 0.717) is 0 Å². The van der Waals surface area contributed by atoms with E-state index in [-0.39, 0.29) is 0 Å². The molecule has 0 fully saturated rings. The highest BCUT2D eigenvalue weighted by atomic mass is 16.3. The van der Waals surface area contributed by atoms with Crippen molar-refractivity contribution in [1.82, 2.24) is 4.57 Å². The summed E-state index contributed by atoms with van der Waals surface area (Å²) in [6.07, 6.45) is 0. The molecule has 0 radical (unpaired) electrons. The van der Waals surface area contributed by atoms with Crippen molar-refractivity contribution in [3.63, 3.8) is 0 Å². The standard InChI is InChI=1S/C56H36N2O/c1-2-15-42(16-3-1)57-51-22-10-8-19-47(51)50-36-41(29-33-53(50)57)44-32-34-52(46-18-7-6-17-45(44)46)58(54-23-12-21-49-48-20-9-11-24-55(48)59-56(49)54)43-30-27-38(28-31-43)40-26-25-37-13-4-5-14-39(37)35-40/h1-36H. The molecule has 0 saturated heterocycles. The van der Waals surface area contributed by atoms with Crippen molar-refractivity contribution in [3.05, 3.63) is 218 Å². The molecular weight excluding hydrogens is 717 g/mol. The van der Waals surface area contributed by atoms with Gasteiger partial charge in [-0.15, -0.1) is 0 Å². The summed E-state index contributed by atoms with van der Waals surface area (Å²) in [6, 6.07) is 78.7. The fourth-order valence-electron chi connectivity index (χ4n) is 9.21. The second kappa shape index (κ2) is 13.4. The fourth-order valence-corrected chi connectivity index (χ4v) is 9.21. The van der Waals surface area contributed by atoms with Crippen molar-refractivity contribution in [2.24, 2.45) is 0 Å². The third-order valence-corrected chi connectivity index (χ3v) is 12.0. The van der Waals surface area contributed by atoms with E-state index < -0.39 is 0 Å². The van der Waals surface area contributed by atoms with Gasteiger partial charge in [0.2, 0.25) is 0 Å². The van der Waals surface area contributed by atoms with Crippen LogP contribution in [0, 0.1) is 0 Å². The van der Waals surface area contributed by atoms with Crippen LogP contribution >= 0.6 is 0 Å². The van der Waals surface area contributed by atoms with Gasteiger partial charge >= 0.3 is 0 Å². The van der Waals surface area contributed by atoms with Gasteiger partial charge in [0.1, 0.15) is 5.58 Å². The summed E-state index contributed by atoms with van der Waals surface area (Å²) in [5, 5.41) is 9.51. The second-order valence-electron chi connectivity index (χ2n) is 15.3. The maximum atomic E-state index is 6.71. The van der Waals surface area contributed by atoms with Gasteiger partial charge in [0.15, 0.2) is 5.58 Å². The molecule has 0 amide bonds. The number of nitrogens with zero attached hydrogens (tertiary/aromatic N) is 2. The van der Waals surface area contributed by atoms with Crippen LogP contribution in [-0.2, 0) is 0 Å². The van der Waals surface area contributed by atoms with E-state index in [2.05, 4.69) is 222 Å². The quantitative estimate of drug-likeness (QED) is 0.169. The van der Waals surface area contributed by atoms with Crippen molar-refractivity contribution in [2.45, 2.75) is 0 Å². The van der Waals surface area contributed by atoms with Gasteiger partial charge in [0.05, 0.1) is 22.4 Å². The van der Waals surface area contributed by atoms with Crippen molar-refractivity contribution >= 4 is 82.4 Å². The SMILES string of the molecule is c1ccc(-n2c3ccccc3c3cc(-c4ccc(N(c5ccc(-c6ccc7ccccc7c6)cc5)c5cccc6c5oc5ccccc56)c5ccccc45)ccc32)cc1. The van der Waals surface area contributed by atoms with E-state index in [1.54, 1.807) is 0 Å². The Morgan fingerprint density at radius 1 is 0.356 bits per heavy atom. The van der Waals surface area contributed by atoms with Gasteiger partial charge in [-0.3, -0.25) is 0 Å². The topological polar surface area (TPSA) is 21.3 Å². The molecule has 12 aromatic rings. The molecule has 276 valence electrons. The number of hydrogen-bond donors (Lipinski definition) is 0. The second-order valence-corrected chi connectivity index (χ2v) is 15.3. The highest BCUT2D eigenvalue weighted by molar-refractivity contribution is 6.14. The largest absolute Gasteiger partial charge is 0.454 e. The lowest BCUT2D eigenvalue weighted by molar-refractivity contribution is 0.669. The Labute approximate surface area is 341 Å². The van der Waals surface area contributed by atoms with E-state index in [1.165, 1.54) is 60.2 Å². The molecule has 0 N–H and O–H groups in total. The van der Waals surface area contributed by atoms with Gasteiger partial charge in [-0.2, -0.15) is 0 Å². The molecule has 0 atom stereocenters. The van der Waals surface area contributed by atoms with E-state index in [0.717, 1.165) is 50.1 Å². The van der Waals surface area contributed by atoms with Crippen LogP contribution < -0.4 is 4.90 Å².